The molecule has 0 bridgehead atoms. The van der Waals surface area contributed by atoms with E-state index >= 15 is 0 Å². The zero-order chi connectivity index (χ0) is 24.7. The maximum Gasteiger partial charge on any atom is 0.254 e. The third kappa shape index (κ3) is 5.05. The lowest BCUT2D eigenvalue weighted by molar-refractivity contribution is -0.0586. The van der Waals surface area contributed by atoms with Gasteiger partial charge in [-0.2, -0.15) is 0 Å². The Morgan fingerprint density at radius 3 is 2.51 bits per heavy atom. The molecule has 184 valence electrons. The van der Waals surface area contributed by atoms with Gasteiger partial charge in [0.15, 0.2) is 0 Å². The number of ether oxygens (including phenoxy) is 3. The van der Waals surface area contributed by atoms with Gasteiger partial charge in [0.2, 0.25) is 0 Å². The van der Waals surface area contributed by atoms with Crippen LogP contribution in [0.15, 0.2) is 53.0 Å². The van der Waals surface area contributed by atoms with Crippen LogP contribution < -0.4 is 9.47 Å². The fourth-order valence-corrected chi connectivity index (χ4v) is 5.36. The number of carbonyl (C=O) groups is 1. The summed E-state index contributed by atoms with van der Waals surface area (Å²) in [6, 6.07) is 16.1. The normalized spacial score (nSPS) is 21.3. The van der Waals surface area contributed by atoms with Gasteiger partial charge >= 0.3 is 0 Å². The molecule has 2 unspecified atom stereocenters. The Morgan fingerprint density at radius 2 is 1.80 bits per heavy atom. The predicted molar refractivity (Wildman–Crippen MR) is 141 cm³/mol. The van der Waals surface area contributed by atoms with E-state index in [1.165, 1.54) is 0 Å². The van der Waals surface area contributed by atoms with Crippen molar-refractivity contribution in [3.05, 3.63) is 69.7 Å². The molecule has 0 N–H and O–H groups in total. The van der Waals surface area contributed by atoms with E-state index in [4.69, 9.17) is 14.2 Å². The molecule has 5 nitrogen and oxygen atoms in total. The number of amides is 1. The van der Waals surface area contributed by atoms with Crippen molar-refractivity contribution < 1.29 is 19.0 Å². The maximum absolute atomic E-state index is 13.9. The van der Waals surface area contributed by atoms with Crippen LogP contribution in [-0.2, 0) is 17.8 Å². The zero-order valence-corrected chi connectivity index (χ0v) is 22.4. The Morgan fingerprint density at radius 1 is 1.09 bits per heavy atom. The molecule has 0 aliphatic carbocycles. The van der Waals surface area contributed by atoms with Crippen LogP contribution in [0.3, 0.4) is 0 Å². The molecular formula is C29H32BrNO4. The van der Waals surface area contributed by atoms with Crippen LogP contribution >= 0.6 is 15.9 Å². The number of carbonyl (C=O) groups excluding carboxylic acids is 1. The lowest BCUT2D eigenvalue weighted by Crippen LogP contribution is -2.48. The van der Waals surface area contributed by atoms with Gasteiger partial charge in [-0.1, -0.05) is 40.2 Å². The number of nitrogens with zero attached hydrogens (tertiary/aromatic N) is 1. The third-order valence-corrected chi connectivity index (χ3v) is 7.33. The molecule has 1 amide bonds. The van der Waals surface area contributed by atoms with Gasteiger partial charge in [0, 0.05) is 39.5 Å². The van der Waals surface area contributed by atoms with Crippen LogP contribution in [0.4, 0.5) is 0 Å². The van der Waals surface area contributed by atoms with Crippen LogP contribution in [0.1, 0.15) is 55.6 Å². The molecule has 1 saturated heterocycles. The highest BCUT2D eigenvalue weighted by Gasteiger charge is 2.34. The fraction of sp³-hybridized carbons (Fsp3) is 0.414. The summed E-state index contributed by atoms with van der Waals surface area (Å²) in [4.78, 5) is 15.8. The monoisotopic (exact) mass is 537 g/mol. The molecule has 0 radical (unpaired) electrons. The van der Waals surface area contributed by atoms with E-state index in [0.717, 1.165) is 50.7 Å². The topological polar surface area (TPSA) is 48.0 Å². The highest BCUT2D eigenvalue weighted by atomic mass is 79.9. The average molecular weight is 538 g/mol. The highest BCUT2D eigenvalue weighted by Crippen LogP contribution is 2.43. The minimum atomic E-state index is -0.294. The summed E-state index contributed by atoms with van der Waals surface area (Å²) in [5, 5.41) is 1.89. The molecule has 2 aliphatic rings. The van der Waals surface area contributed by atoms with E-state index in [0.29, 0.717) is 25.3 Å². The van der Waals surface area contributed by atoms with E-state index in [2.05, 4.69) is 35.8 Å². The summed E-state index contributed by atoms with van der Waals surface area (Å²) in [5.74, 6) is 1.60. The van der Waals surface area contributed by atoms with Crippen molar-refractivity contribution in [1.29, 1.82) is 0 Å². The zero-order valence-electron chi connectivity index (χ0n) is 20.8. The van der Waals surface area contributed by atoms with Gasteiger partial charge in [-0.3, -0.25) is 4.79 Å². The van der Waals surface area contributed by atoms with E-state index in [1.807, 2.05) is 61.2 Å². The Bertz CT molecular complexity index is 1240. The Hall–Kier alpha value is -2.57. The molecule has 0 saturated carbocycles. The Balaban J connectivity index is 1.58. The third-order valence-electron chi connectivity index (χ3n) is 6.80. The number of fused-ring (bicyclic) bond motifs is 3. The van der Waals surface area contributed by atoms with Gasteiger partial charge in [-0.15, -0.1) is 0 Å². The molecule has 1 fully saturated rings. The molecule has 2 heterocycles. The van der Waals surface area contributed by atoms with Crippen molar-refractivity contribution in [3.8, 4) is 11.5 Å². The van der Waals surface area contributed by atoms with E-state index < -0.39 is 0 Å². The Labute approximate surface area is 215 Å². The lowest BCUT2D eigenvalue weighted by Gasteiger charge is -2.37. The van der Waals surface area contributed by atoms with Crippen LogP contribution in [0, 0.1) is 0 Å². The summed E-state index contributed by atoms with van der Waals surface area (Å²) in [5.41, 5.74) is 2.49. The van der Waals surface area contributed by atoms with Crippen molar-refractivity contribution in [2.45, 2.75) is 65.0 Å². The number of morpholine rings is 1. The first-order valence-electron chi connectivity index (χ1n) is 12.3. The molecule has 2 aliphatic heterocycles. The second-order valence-corrected chi connectivity index (χ2v) is 11.2. The molecule has 0 spiro atoms. The molecule has 2 atom stereocenters. The smallest absolute Gasteiger partial charge is 0.254 e. The van der Waals surface area contributed by atoms with Crippen molar-refractivity contribution in [3.63, 3.8) is 0 Å². The van der Waals surface area contributed by atoms with Crippen LogP contribution in [0.2, 0.25) is 0 Å². The number of benzene rings is 3. The lowest BCUT2D eigenvalue weighted by atomic mass is 9.88. The van der Waals surface area contributed by atoms with Gasteiger partial charge in [0.1, 0.15) is 23.7 Å². The highest BCUT2D eigenvalue weighted by molar-refractivity contribution is 9.10. The van der Waals surface area contributed by atoms with E-state index in [1.54, 1.807) is 0 Å². The van der Waals surface area contributed by atoms with Gasteiger partial charge in [-0.05, 0) is 70.4 Å². The van der Waals surface area contributed by atoms with Crippen LogP contribution in [-0.4, -0.2) is 41.7 Å². The first-order valence-corrected chi connectivity index (χ1v) is 13.1. The maximum atomic E-state index is 13.9. The van der Waals surface area contributed by atoms with Crippen molar-refractivity contribution in [2.75, 3.05) is 13.1 Å². The predicted octanol–water partition coefficient (Wildman–Crippen LogP) is 6.53. The number of hydrogen-bond donors (Lipinski definition) is 0. The summed E-state index contributed by atoms with van der Waals surface area (Å²) < 4.78 is 19.7. The number of rotatable bonds is 4. The SMILES string of the molecule is CC1CN(C(=O)c2cc3c(OCc4ccc(Br)cc4)cccc3c3c2CCC(C)(C)O3)CC(C)O1. The average Bonchev–Trinajstić information content (AvgIpc) is 2.81. The molecule has 3 aromatic rings. The molecule has 6 heteroatoms. The van der Waals surface area contributed by atoms with Crippen molar-refractivity contribution in [1.82, 2.24) is 4.90 Å². The van der Waals surface area contributed by atoms with Crippen LogP contribution in [0.25, 0.3) is 10.8 Å². The quantitative estimate of drug-likeness (QED) is 0.379. The molecule has 3 aromatic carbocycles. The second-order valence-electron chi connectivity index (χ2n) is 10.3. The van der Waals surface area contributed by atoms with Gasteiger partial charge in [-0.25, -0.2) is 0 Å². The first kappa shape index (κ1) is 24.1. The fourth-order valence-electron chi connectivity index (χ4n) is 5.10. The Kier molecular flexibility index (Phi) is 6.53. The van der Waals surface area contributed by atoms with Gasteiger partial charge < -0.3 is 19.1 Å². The number of hydrogen-bond acceptors (Lipinski definition) is 4. The largest absolute Gasteiger partial charge is 0.488 e. The van der Waals surface area contributed by atoms with Crippen molar-refractivity contribution >= 4 is 32.6 Å². The molecule has 0 aromatic heterocycles. The molecule has 5 rings (SSSR count). The van der Waals surface area contributed by atoms with Gasteiger partial charge in [0.25, 0.3) is 5.91 Å². The second kappa shape index (κ2) is 9.47. The summed E-state index contributed by atoms with van der Waals surface area (Å²) >= 11 is 3.48. The van der Waals surface area contributed by atoms with Crippen LogP contribution in [0.5, 0.6) is 11.5 Å². The molecular weight excluding hydrogens is 506 g/mol. The van der Waals surface area contributed by atoms with Crippen molar-refractivity contribution in [2.24, 2.45) is 0 Å². The minimum absolute atomic E-state index is 0.0129. The molecule has 35 heavy (non-hydrogen) atoms. The van der Waals surface area contributed by atoms with Gasteiger partial charge in [0.05, 0.1) is 12.2 Å². The van der Waals surface area contributed by atoms with E-state index in [-0.39, 0.29) is 23.7 Å². The first-order chi connectivity index (χ1) is 16.7. The standard InChI is InChI=1S/C29H32BrNO4/c1-18-15-31(16-19(2)34-18)28(32)25-14-24-22(27-23(25)12-13-29(3,4)35-27)6-5-7-26(24)33-17-20-8-10-21(30)11-9-20/h5-11,14,18-19H,12-13,15-17H2,1-4H3. The minimum Gasteiger partial charge on any atom is -0.488 e. The number of halogens is 1. The summed E-state index contributed by atoms with van der Waals surface area (Å²) in [7, 11) is 0. The summed E-state index contributed by atoms with van der Waals surface area (Å²) in [6.45, 7) is 9.87. The summed E-state index contributed by atoms with van der Waals surface area (Å²) in [6.07, 6.45) is 1.69. The van der Waals surface area contributed by atoms with E-state index in [9.17, 15) is 4.79 Å².